The quantitative estimate of drug-likeness (QED) is 0.792. The lowest BCUT2D eigenvalue weighted by Gasteiger charge is -2.21. The second-order valence-corrected chi connectivity index (χ2v) is 4.71. The van der Waals surface area contributed by atoms with E-state index in [1.54, 1.807) is 12.5 Å². The highest BCUT2D eigenvalue weighted by Gasteiger charge is 2.20. The van der Waals surface area contributed by atoms with Gasteiger partial charge in [0, 0.05) is 24.5 Å². The number of carbonyl (C=O) groups is 1. The summed E-state index contributed by atoms with van der Waals surface area (Å²) in [5, 5.41) is 17.9. The SMILES string of the molecule is CN(Cc1ccoc1)c1c(C(=O)O)nnc2ccccc12. The van der Waals surface area contributed by atoms with E-state index >= 15 is 0 Å². The van der Waals surface area contributed by atoms with Gasteiger partial charge in [0.1, 0.15) is 0 Å². The first-order valence-corrected chi connectivity index (χ1v) is 6.37. The molecule has 0 aliphatic carbocycles. The molecule has 1 aromatic carbocycles. The number of nitrogens with zero attached hydrogens (tertiary/aromatic N) is 3. The lowest BCUT2D eigenvalue weighted by Crippen LogP contribution is -2.21. The molecule has 0 aliphatic heterocycles. The van der Waals surface area contributed by atoms with Gasteiger partial charge in [-0.3, -0.25) is 0 Å². The standard InChI is InChI=1S/C15H13N3O3/c1-18(8-10-6-7-21-9-10)14-11-4-2-3-5-12(11)16-17-13(14)15(19)20/h2-7,9H,8H2,1H3,(H,19,20). The number of furan rings is 1. The fraction of sp³-hybridized carbons (Fsp3) is 0.133. The second-order valence-electron chi connectivity index (χ2n) is 4.71. The number of anilines is 1. The third-order valence-corrected chi connectivity index (χ3v) is 3.23. The van der Waals surface area contributed by atoms with Gasteiger partial charge in [0.25, 0.3) is 0 Å². The Kier molecular flexibility index (Phi) is 3.27. The van der Waals surface area contributed by atoms with Crippen LogP contribution in [-0.4, -0.2) is 28.3 Å². The molecule has 3 aromatic rings. The molecule has 0 spiro atoms. The summed E-state index contributed by atoms with van der Waals surface area (Å²) in [4.78, 5) is 13.3. The Morgan fingerprint density at radius 1 is 1.29 bits per heavy atom. The highest BCUT2D eigenvalue weighted by Crippen LogP contribution is 2.28. The van der Waals surface area contributed by atoms with Crippen molar-refractivity contribution in [3.63, 3.8) is 0 Å². The molecule has 21 heavy (non-hydrogen) atoms. The van der Waals surface area contributed by atoms with Gasteiger partial charge in [0.2, 0.25) is 0 Å². The van der Waals surface area contributed by atoms with Crippen LogP contribution in [0.15, 0.2) is 47.3 Å². The molecule has 106 valence electrons. The summed E-state index contributed by atoms with van der Waals surface area (Å²) in [7, 11) is 1.82. The predicted octanol–water partition coefficient (Wildman–Crippen LogP) is 2.56. The number of carboxylic acid groups (broad SMARTS) is 1. The molecule has 0 bridgehead atoms. The van der Waals surface area contributed by atoms with E-state index in [1.807, 2.05) is 42.3 Å². The van der Waals surface area contributed by atoms with Crippen LogP contribution in [0.5, 0.6) is 0 Å². The Bertz CT molecular complexity index is 784. The van der Waals surface area contributed by atoms with Crippen molar-refractivity contribution in [2.75, 3.05) is 11.9 Å². The van der Waals surface area contributed by atoms with Crippen LogP contribution in [0.4, 0.5) is 5.69 Å². The monoisotopic (exact) mass is 283 g/mol. The smallest absolute Gasteiger partial charge is 0.358 e. The van der Waals surface area contributed by atoms with Crippen molar-refractivity contribution >= 4 is 22.6 Å². The lowest BCUT2D eigenvalue weighted by atomic mass is 10.1. The van der Waals surface area contributed by atoms with Crippen LogP contribution in [0.25, 0.3) is 10.9 Å². The maximum atomic E-state index is 11.4. The number of hydrogen-bond acceptors (Lipinski definition) is 5. The van der Waals surface area contributed by atoms with Gasteiger partial charge < -0.3 is 14.4 Å². The third kappa shape index (κ3) is 2.43. The number of benzene rings is 1. The normalized spacial score (nSPS) is 10.7. The molecule has 0 atom stereocenters. The predicted molar refractivity (Wildman–Crippen MR) is 77.3 cm³/mol. The Morgan fingerprint density at radius 3 is 2.81 bits per heavy atom. The molecule has 1 N–H and O–H groups in total. The van der Waals surface area contributed by atoms with Gasteiger partial charge in [0.05, 0.1) is 23.7 Å². The summed E-state index contributed by atoms with van der Waals surface area (Å²) in [6.07, 6.45) is 3.22. The van der Waals surface area contributed by atoms with Gasteiger partial charge in [-0.25, -0.2) is 4.79 Å². The van der Waals surface area contributed by atoms with Gasteiger partial charge >= 0.3 is 5.97 Å². The number of fused-ring (bicyclic) bond motifs is 1. The Labute approximate surface area is 120 Å². The zero-order valence-corrected chi connectivity index (χ0v) is 11.4. The van der Waals surface area contributed by atoms with Crippen LogP contribution in [0.2, 0.25) is 0 Å². The molecule has 0 radical (unpaired) electrons. The Morgan fingerprint density at radius 2 is 2.10 bits per heavy atom. The van der Waals surface area contributed by atoms with Gasteiger partial charge in [-0.1, -0.05) is 18.2 Å². The van der Waals surface area contributed by atoms with Crippen molar-refractivity contribution in [3.8, 4) is 0 Å². The average Bonchev–Trinajstić information content (AvgIpc) is 2.98. The van der Waals surface area contributed by atoms with Crippen molar-refractivity contribution < 1.29 is 14.3 Å². The molecule has 0 unspecified atom stereocenters. The van der Waals surface area contributed by atoms with E-state index in [0.29, 0.717) is 17.7 Å². The Balaban J connectivity index is 2.13. The first-order chi connectivity index (χ1) is 10.2. The first kappa shape index (κ1) is 13.1. The summed E-state index contributed by atoms with van der Waals surface area (Å²) >= 11 is 0. The number of rotatable bonds is 4. The number of aromatic carboxylic acids is 1. The van der Waals surface area contributed by atoms with Gasteiger partial charge in [-0.05, 0) is 12.1 Å². The van der Waals surface area contributed by atoms with Crippen molar-refractivity contribution in [1.29, 1.82) is 0 Å². The highest BCUT2D eigenvalue weighted by molar-refractivity contribution is 6.02. The van der Waals surface area contributed by atoms with E-state index in [2.05, 4.69) is 10.2 Å². The number of aromatic nitrogens is 2. The van der Waals surface area contributed by atoms with E-state index in [4.69, 9.17) is 4.42 Å². The fourth-order valence-corrected chi connectivity index (χ4v) is 2.31. The van der Waals surface area contributed by atoms with Crippen LogP contribution in [0.1, 0.15) is 16.1 Å². The van der Waals surface area contributed by atoms with E-state index in [1.165, 1.54) is 0 Å². The summed E-state index contributed by atoms with van der Waals surface area (Å²) in [5.74, 6) is -1.10. The second kappa shape index (κ2) is 5.24. The molecular weight excluding hydrogens is 270 g/mol. The van der Waals surface area contributed by atoms with Crippen LogP contribution in [0.3, 0.4) is 0 Å². The minimum atomic E-state index is -1.10. The topological polar surface area (TPSA) is 79.5 Å². The number of carboxylic acids is 1. The molecule has 6 heteroatoms. The molecule has 2 aromatic heterocycles. The molecule has 0 aliphatic rings. The molecule has 0 fully saturated rings. The van der Waals surface area contributed by atoms with Crippen LogP contribution in [0, 0.1) is 0 Å². The zero-order valence-electron chi connectivity index (χ0n) is 11.4. The minimum absolute atomic E-state index is 0.0558. The number of hydrogen-bond donors (Lipinski definition) is 1. The zero-order chi connectivity index (χ0) is 14.8. The van der Waals surface area contributed by atoms with Crippen molar-refractivity contribution in [1.82, 2.24) is 10.2 Å². The summed E-state index contributed by atoms with van der Waals surface area (Å²) in [6, 6.07) is 9.19. The van der Waals surface area contributed by atoms with Crippen molar-refractivity contribution in [2.24, 2.45) is 0 Å². The molecule has 0 amide bonds. The van der Waals surface area contributed by atoms with Gasteiger partial charge in [0.15, 0.2) is 5.69 Å². The maximum Gasteiger partial charge on any atom is 0.358 e. The molecule has 0 saturated heterocycles. The van der Waals surface area contributed by atoms with Crippen LogP contribution in [-0.2, 0) is 6.54 Å². The van der Waals surface area contributed by atoms with E-state index in [9.17, 15) is 9.90 Å². The van der Waals surface area contributed by atoms with E-state index in [0.717, 1.165) is 10.9 Å². The minimum Gasteiger partial charge on any atom is -0.476 e. The van der Waals surface area contributed by atoms with Gasteiger partial charge in [-0.2, -0.15) is 0 Å². The lowest BCUT2D eigenvalue weighted by molar-refractivity contribution is 0.0690. The summed E-state index contributed by atoms with van der Waals surface area (Å²) < 4.78 is 5.05. The third-order valence-electron chi connectivity index (χ3n) is 3.23. The first-order valence-electron chi connectivity index (χ1n) is 6.37. The molecule has 2 heterocycles. The fourth-order valence-electron chi connectivity index (χ4n) is 2.31. The van der Waals surface area contributed by atoms with E-state index in [-0.39, 0.29) is 5.69 Å². The summed E-state index contributed by atoms with van der Waals surface area (Å²) in [5.41, 5.74) is 2.11. The Hall–Kier alpha value is -2.89. The highest BCUT2D eigenvalue weighted by atomic mass is 16.4. The van der Waals surface area contributed by atoms with Gasteiger partial charge in [-0.15, -0.1) is 10.2 Å². The van der Waals surface area contributed by atoms with E-state index < -0.39 is 5.97 Å². The van der Waals surface area contributed by atoms with Crippen molar-refractivity contribution in [2.45, 2.75) is 6.54 Å². The summed E-state index contributed by atoms with van der Waals surface area (Å²) in [6.45, 7) is 0.520. The average molecular weight is 283 g/mol. The van der Waals surface area contributed by atoms with Crippen LogP contribution < -0.4 is 4.90 Å². The molecule has 0 saturated carbocycles. The molecule has 3 rings (SSSR count). The molecule has 6 nitrogen and oxygen atoms in total. The van der Waals surface area contributed by atoms with Crippen molar-refractivity contribution in [3.05, 3.63) is 54.1 Å². The maximum absolute atomic E-state index is 11.4. The van der Waals surface area contributed by atoms with Crippen LogP contribution >= 0.6 is 0 Å². The molecular formula is C15H13N3O3. The largest absolute Gasteiger partial charge is 0.476 e.